The number of rotatable bonds is 2. The second kappa shape index (κ2) is 7.55. The van der Waals surface area contributed by atoms with E-state index in [4.69, 9.17) is 0 Å². The van der Waals surface area contributed by atoms with E-state index < -0.39 is 0 Å². The Morgan fingerprint density at radius 3 is 2.44 bits per heavy atom. The SMILES string of the molecule is C1=CCC([C-]2CCCCC2C2=CC=CC2)=C1.Cl.[Hf]. The van der Waals surface area contributed by atoms with Gasteiger partial charge in [-0.15, -0.1) is 24.6 Å². The predicted octanol–water partition coefficient (Wildman–Crippen LogP) is 4.94. The van der Waals surface area contributed by atoms with Crippen molar-refractivity contribution in [2.24, 2.45) is 5.92 Å². The molecule has 0 aromatic heterocycles. The minimum absolute atomic E-state index is 0. The van der Waals surface area contributed by atoms with E-state index in [1.54, 1.807) is 17.1 Å². The molecule has 1 unspecified atom stereocenters. The Morgan fingerprint density at radius 1 is 1.00 bits per heavy atom. The number of hydrogen-bond donors (Lipinski definition) is 0. The van der Waals surface area contributed by atoms with Crippen LogP contribution in [0.15, 0.2) is 47.6 Å². The zero-order valence-corrected chi connectivity index (χ0v) is 15.1. The smallest absolute Gasteiger partial charge is 0 e. The molecule has 1 fully saturated rings. The van der Waals surface area contributed by atoms with Crippen LogP contribution in [0.1, 0.15) is 38.5 Å². The van der Waals surface area contributed by atoms with Crippen molar-refractivity contribution < 1.29 is 25.8 Å². The molecular weight excluding hydrogens is 406 g/mol. The fourth-order valence-electron chi connectivity index (χ4n) is 3.21. The molecule has 0 nitrogen and oxygen atoms in total. The van der Waals surface area contributed by atoms with Gasteiger partial charge >= 0.3 is 0 Å². The average molecular weight is 426 g/mol. The first-order valence-electron chi connectivity index (χ1n) is 6.52. The van der Waals surface area contributed by atoms with Gasteiger partial charge in [-0.2, -0.15) is 0 Å². The first-order valence-corrected chi connectivity index (χ1v) is 6.52. The van der Waals surface area contributed by atoms with E-state index in [1.165, 1.54) is 38.5 Å². The van der Waals surface area contributed by atoms with E-state index in [2.05, 4.69) is 36.5 Å². The molecule has 18 heavy (non-hydrogen) atoms. The summed E-state index contributed by atoms with van der Waals surface area (Å²) in [5, 5.41) is 0. The largest absolute Gasteiger partial charge is 0.206 e. The Kier molecular flexibility index (Phi) is 6.73. The molecule has 0 N–H and O–H groups in total. The summed E-state index contributed by atoms with van der Waals surface area (Å²) in [5.41, 5.74) is 3.26. The molecule has 2 heteroatoms. The van der Waals surface area contributed by atoms with Crippen LogP contribution in [-0.4, -0.2) is 0 Å². The molecule has 1 saturated carbocycles. The van der Waals surface area contributed by atoms with Gasteiger partial charge in [-0.05, 0) is 12.8 Å². The van der Waals surface area contributed by atoms with Gasteiger partial charge in [0.05, 0.1) is 0 Å². The normalized spacial score (nSPS) is 25.3. The van der Waals surface area contributed by atoms with Crippen molar-refractivity contribution >= 4 is 12.4 Å². The van der Waals surface area contributed by atoms with Crippen LogP contribution in [0.25, 0.3) is 0 Å². The molecule has 0 aromatic carbocycles. The van der Waals surface area contributed by atoms with Gasteiger partial charge in [0.2, 0.25) is 0 Å². The van der Waals surface area contributed by atoms with Crippen LogP contribution >= 0.6 is 12.4 Å². The molecular formula is C16H20ClHf-. The number of halogens is 1. The van der Waals surface area contributed by atoms with Crippen molar-refractivity contribution in [3.63, 3.8) is 0 Å². The number of allylic oxidation sites excluding steroid dienone is 8. The van der Waals surface area contributed by atoms with E-state index in [0.29, 0.717) is 0 Å². The maximum Gasteiger partial charge on any atom is 0 e. The van der Waals surface area contributed by atoms with Gasteiger partial charge in [0.25, 0.3) is 0 Å². The van der Waals surface area contributed by atoms with Gasteiger partial charge in [-0.3, -0.25) is 0 Å². The van der Waals surface area contributed by atoms with E-state index in [9.17, 15) is 0 Å². The van der Waals surface area contributed by atoms with Crippen molar-refractivity contribution in [1.82, 2.24) is 0 Å². The first kappa shape index (κ1) is 16.0. The summed E-state index contributed by atoms with van der Waals surface area (Å²) in [6.45, 7) is 0. The summed E-state index contributed by atoms with van der Waals surface area (Å²) in [5.74, 6) is 2.50. The van der Waals surface area contributed by atoms with Gasteiger partial charge in [0, 0.05) is 25.8 Å². The van der Waals surface area contributed by atoms with Gasteiger partial charge in [0.15, 0.2) is 0 Å². The molecule has 3 rings (SSSR count). The number of hydrogen-bond acceptors (Lipinski definition) is 0. The van der Waals surface area contributed by atoms with E-state index in [0.717, 1.165) is 5.92 Å². The van der Waals surface area contributed by atoms with Crippen LogP contribution < -0.4 is 0 Å². The van der Waals surface area contributed by atoms with Crippen molar-refractivity contribution in [2.45, 2.75) is 38.5 Å². The van der Waals surface area contributed by atoms with Crippen LogP contribution in [-0.2, 0) is 25.8 Å². The Hall–Kier alpha value is -0.00987. The van der Waals surface area contributed by atoms with Crippen molar-refractivity contribution in [3.05, 3.63) is 53.5 Å². The summed E-state index contributed by atoms with van der Waals surface area (Å²) in [6, 6.07) is 0. The second-order valence-electron chi connectivity index (χ2n) is 5.02. The van der Waals surface area contributed by atoms with Crippen LogP contribution in [0.2, 0.25) is 0 Å². The molecule has 3 aliphatic rings. The first-order chi connectivity index (χ1) is 7.95. The summed E-state index contributed by atoms with van der Waals surface area (Å²) >= 11 is 0. The molecule has 0 aromatic rings. The molecule has 0 saturated heterocycles. The molecule has 0 amide bonds. The van der Waals surface area contributed by atoms with Gasteiger partial charge in [0.1, 0.15) is 0 Å². The molecule has 96 valence electrons. The Labute approximate surface area is 135 Å². The fourth-order valence-corrected chi connectivity index (χ4v) is 3.21. The van der Waals surface area contributed by atoms with Gasteiger partial charge < -0.3 is 0 Å². The fraction of sp³-hybridized carbons (Fsp3) is 0.438. The van der Waals surface area contributed by atoms with E-state index in [-0.39, 0.29) is 38.3 Å². The molecule has 3 aliphatic carbocycles. The Morgan fingerprint density at radius 2 is 1.78 bits per heavy atom. The summed E-state index contributed by atoms with van der Waals surface area (Å²) in [4.78, 5) is 0. The third-order valence-electron chi connectivity index (χ3n) is 4.04. The quantitative estimate of drug-likeness (QED) is 0.434. The maximum absolute atomic E-state index is 2.35. The van der Waals surface area contributed by atoms with E-state index >= 15 is 0 Å². The van der Waals surface area contributed by atoms with E-state index in [1.807, 2.05) is 0 Å². The standard InChI is InChI=1S/C16H19.ClH.Hf/c1-2-8-13(7-1)15-11-5-6-12-16(15)14-9-3-4-10-14;;/h1-4,7,9,15H,5-6,8,10-12H2;1H;/q-1;;. The molecule has 0 spiro atoms. The average Bonchev–Trinajstić information content (AvgIpc) is 3.03. The third-order valence-corrected chi connectivity index (χ3v) is 4.04. The molecule has 0 heterocycles. The third kappa shape index (κ3) is 3.30. The summed E-state index contributed by atoms with van der Waals surface area (Å²) < 4.78 is 0. The minimum Gasteiger partial charge on any atom is -0.206 e. The molecule has 0 aliphatic heterocycles. The zero-order chi connectivity index (χ0) is 10.8. The predicted molar refractivity (Wildman–Crippen MR) is 76.1 cm³/mol. The molecule has 1 atom stereocenters. The van der Waals surface area contributed by atoms with Crippen LogP contribution in [0.3, 0.4) is 0 Å². The van der Waals surface area contributed by atoms with Gasteiger partial charge in [-0.1, -0.05) is 55.4 Å². The summed E-state index contributed by atoms with van der Waals surface area (Å²) in [6.07, 6.45) is 21.6. The van der Waals surface area contributed by atoms with Crippen molar-refractivity contribution in [3.8, 4) is 0 Å². The monoisotopic (exact) mass is 427 g/mol. The minimum atomic E-state index is 0. The van der Waals surface area contributed by atoms with Crippen molar-refractivity contribution in [1.29, 1.82) is 0 Å². The van der Waals surface area contributed by atoms with Crippen LogP contribution in [0.5, 0.6) is 0 Å². The Balaban J connectivity index is 0.000000810. The van der Waals surface area contributed by atoms with Crippen molar-refractivity contribution in [2.75, 3.05) is 0 Å². The van der Waals surface area contributed by atoms with Crippen LogP contribution in [0.4, 0.5) is 0 Å². The zero-order valence-electron chi connectivity index (χ0n) is 10.7. The summed E-state index contributed by atoms with van der Waals surface area (Å²) in [7, 11) is 0. The van der Waals surface area contributed by atoms with Crippen LogP contribution in [0, 0.1) is 11.8 Å². The molecule has 0 radical (unpaired) electrons. The molecule has 0 bridgehead atoms. The maximum atomic E-state index is 2.35. The topological polar surface area (TPSA) is 0 Å². The second-order valence-corrected chi connectivity index (χ2v) is 5.02. The Bertz CT molecular complexity index is 352. The van der Waals surface area contributed by atoms with Gasteiger partial charge in [-0.25, -0.2) is 17.6 Å².